The summed E-state index contributed by atoms with van der Waals surface area (Å²) in [6.07, 6.45) is 2.08. The number of hydrogen-bond donors (Lipinski definition) is 2. The van der Waals surface area contributed by atoms with Crippen LogP contribution in [0.15, 0.2) is 52.4 Å². The Balaban J connectivity index is 0.00000420. The van der Waals surface area contributed by atoms with Gasteiger partial charge in [-0.25, -0.2) is 8.42 Å². The summed E-state index contributed by atoms with van der Waals surface area (Å²) in [5, 5.41) is 6.55. The Morgan fingerprint density at radius 1 is 1.10 bits per heavy atom. The SMILES string of the molecule is CCOc1cccc(CCNC(=NC)NCc2ccc(S(C)(=O)=O)c(C)c2)c1.I. The van der Waals surface area contributed by atoms with Crippen molar-refractivity contribution in [2.75, 3.05) is 26.5 Å². The number of sulfone groups is 1. The Labute approximate surface area is 191 Å². The zero-order valence-corrected chi connectivity index (χ0v) is 20.5. The molecule has 0 aliphatic carbocycles. The molecule has 0 saturated heterocycles. The number of halogens is 1. The van der Waals surface area contributed by atoms with Crippen LogP contribution in [0.25, 0.3) is 0 Å². The number of aliphatic imine (C=N–C) groups is 1. The fourth-order valence-electron chi connectivity index (χ4n) is 2.93. The molecule has 0 aromatic heterocycles. The zero-order chi connectivity index (χ0) is 20.6. The second-order valence-electron chi connectivity index (χ2n) is 6.55. The molecule has 0 unspecified atom stereocenters. The van der Waals surface area contributed by atoms with Gasteiger partial charge < -0.3 is 15.4 Å². The van der Waals surface area contributed by atoms with Crippen molar-refractivity contribution in [2.24, 2.45) is 4.99 Å². The lowest BCUT2D eigenvalue weighted by Gasteiger charge is -2.13. The number of nitrogens with one attached hydrogen (secondary N) is 2. The van der Waals surface area contributed by atoms with Gasteiger partial charge in [-0.3, -0.25) is 4.99 Å². The summed E-state index contributed by atoms with van der Waals surface area (Å²) >= 11 is 0. The van der Waals surface area contributed by atoms with Gasteiger partial charge in [-0.05, 0) is 55.2 Å². The van der Waals surface area contributed by atoms with Crippen molar-refractivity contribution in [1.29, 1.82) is 0 Å². The van der Waals surface area contributed by atoms with Crippen molar-refractivity contribution in [3.63, 3.8) is 0 Å². The number of rotatable bonds is 8. The van der Waals surface area contributed by atoms with Crippen LogP contribution in [-0.4, -0.2) is 40.8 Å². The van der Waals surface area contributed by atoms with Gasteiger partial charge in [0.05, 0.1) is 11.5 Å². The molecule has 2 aromatic carbocycles. The van der Waals surface area contributed by atoms with Crippen LogP contribution in [0.1, 0.15) is 23.6 Å². The minimum Gasteiger partial charge on any atom is -0.494 e. The quantitative estimate of drug-likeness (QED) is 0.311. The van der Waals surface area contributed by atoms with Crippen molar-refractivity contribution in [2.45, 2.75) is 31.7 Å². The van der Waals surface area contributed by atoms with Crippen molar-refractivity contribution < 1.29 is 13.2 Å². The molecule has 2 rings (SSSR count). The van der Waals surface area contributed by atoms with Gasteiger partial charge in [0.15, 0.2) is 15.8 Å². The van der Waals surface area contributed by atoms with E-state index in [2.05, 4.69) is 21.7 Å². The first kappa shape index (κ1) is 25.2. The average molecular weight is 531 g/mol. The minimum atomic E-state index is -3.20. The van der Waals surface area contributed by atoms with E-state index in [1.165, 1.54) is 11.8 Å². The molecule has 0 saturated carbocycles. The second-order valence-corrected chi connectivity index (χ2v) is 8.54. The Kier molecular flexibility index (Phi) is 10.5. The third-order valence-corrected chi connectivity index (χ3v) is 5.49. The van der Waals surface area contributed by atoms with E-state index >= 15 is 0 Å². The average Bonchev–Trinajstić information content (AvgIpc) is 2.64. The molecule has 0 aliphatic rings. The Hall–Kier alpha value is -1.81. The molecule has 2 N–H and O–H groups in total. The lowest BCUT2D eigenvalue weighted by atomic mass is 10.1. The number of ether oxygens (including phenoxy) is 1. The first-order valence-corrected chi connectivity index (χ1v) is 11.2. The van der Waals surface area contributed by atoms with E-state index < -0.39 is 9.84 Å². The molecule has 0 heterocycles. The van der Waals surface area contributed by atoms with Gasteiger partial charge in [0.2, 0.25) is 0 Å². The molecule has 160 valence electrons. The second kappa shape index (κ2) is 12.0. The fourth-order valence-corrected chi connectivity index (χ4v) is 3.89. The largest absolute Gasteiger partial charge is 0.494 e. The molecule has 29 heavy (non-hydrogen) atoms. The summed E-state index contributed by atoms with van der Waals surface area (Å²) in [5.41, 5.74) is 2.94. The van der Waals surface area contributed by atoms with Crippen LogP contribution in [0.4, 0.5) is 0 Å². The van der Waals surface area contributed by atoms with Crippen LogP contribution in [-0.2, 0) is 22.8 Å². The fraction of sp³-hybridized carbons (Fsp3) is 0.381. The lowest BCUT2D eigenvalue weighted by molar-refractivity contribution is 0.340. The third-order valence-electron chi connectivity index (χ3n) is 4.24. The van der Waals surface area contributed by atoms with Gasteiger partial charge >= 0.3 is 0 Å². The van der Waals surface area contributed by atoms with Gasteiger partial charge in [0.25, 0.3) is 0 Å². The molecule has 8 heteroatoms. The topological polar surface area (TPSA) is 79.8 Å². The maximum atomic E-state index is 11.7. The Bertz CT molecular complexity index is 931. The number of benzene rings is 2. The minimum absolute atomic E-state index is 0. The summed E-state index contributed by atoms with van der Waals surface area (Å²) in [6.45, 7) is 5.73. The first-order valence-electron chi connectivity index (χ1n) is 9.29. The molecule has 6 nitrogen and oxygen atoms in total. The normalized spacial score (nSPS) is 11.5. The van der Waals surface area contributed by atoms with Crippen molar-refractivity contribution in [3.8, 4) is 5.75 Å². The molecule has 0 atom stereocenters. The summed E-state index contributed by atoms with van der Waals surface area (Å²) in [4.78, 5) is 4.60. The number of nitrogens with zero attached hydrogens (tertiary/aromatic N) is 1. The summed E-state index contributed by atoms with van der Waals surface area (Å²) in [6, 6.07) is 13.4. The van der Waals surface area contributed by atoms with E-state index in [4.69, 9.17) is 4.74 Å². The van der Waals surface area contributed by atoms with E-state index in [0.29, 0.717) is 24.0 Å². The van der Waals surface area contributed by atoms with Crippen LogP contribution in [0.3, 0.4) is 0 Å². The van der Waals surface area contributed by atoms with Crippen molar-refractivity contribution >= 4 is 39.8 Å². The molecule has 2 aromatic rings. The highest BCUT2D eigenvalue weighted by Gasteiger charge is 2.11. The molecule has 0 amide bonds. The molecule has 0 bridgehead atoms. The highest BCUT2D eigenvalue weighted by molar-refractivity contribution is 14.0. The number of guanidine groups is 1. The molecule has 0 fully saturated rings. The van der Waals surface area contributed by atoms with Gasteiger partial charge in [-0.15, -0.1) is 24.0 Å². The van der Waals surface area contributed by atoms with Gasteiger partial charge in [-0.1, -0.05) is 24.3 Å². The molecular formula is C21H30IN3O3S. The van der Waals surface area contributed by atoms with E-state index in [1.807, 2.05) is 44.2 Å². The number of hydrogen-bond acceptors (Lipinski definition) is 4. The van der Waals surface area contributed by atoms with E-state index in [1.54, 1.807) is 13.1 Å². The predicted molar refractivity (Wildman–Crippen MR) is 129 cm³/mol. The van der Waals surface area contributed by atoms with Crippen LogP contribution < -0.4 is 15.4 Å². The van der Waals surface area contributed by atoms with Crippen LogP contribution >= 0.6 is 24.0 Å². The lowest BCUT2D eigenvalue weighted by Crippen LogP contribution is -2.37. The van der Waals surface area contributed by atoms with Crippen LogP contribution in [0.2, 0.25) is 0 Å². The first-order chi connectivity index (χ1) is 13.3. The monoisotopic (exact) mass is 531 g/mol. The molecule has 0 aliphatic heterocycles. The van der Waals surface area contributed by atoms with Crippen molar-refractivity contribution in [3.05, 3.63) is 59.2 Å². The zero-order valence-electron chi connectivity index (χ0n) is 17.4. The van der Waals surface area contributed by atoms with Crippen molar-refractivity contribution in [1.82, 2.24) is 10.6 Å². The standard InChI is InChI=1S/C21H29N3O3S.HI/c1-5-27-19-8-6-7-17(14-19)11-12-23-21(22-3)24-15-18-9-10-20(16(2)13-18)28(4,25)26;/h6-10,13-14H,5,11-12,15H2,1-4H3,(H2,22,23,24);1H. The Morgan fingerprint density at radius 3 is 2.48 bits per heavy atom. The maximum Gasteiger partial charge on any atom is 0.191 e. The van der Waals surface area contributed by atoms with E-state index in [9.17, 15) is 8.42 Å². The summed E-state index contributed by atoms with van der Waals surface area (Å²) < 4.78 is 29.0. The number of aryl methyl sites for hydroxylation is 1. The van der Waals surface area contributed by atoms with E-state index in [0.717, 1.165) is 29.8 Å². The predicted octanol–water partition coefficient (Wildman–Crippen LogP) is 3.32. The maximum absolute atomic E-state index is 11.7. The van der Waals surface area contributed by atoms with Crippen LogP contribution in [0, 0.1) is 6.92 Å². The summed E-state index contributed by atoms with van der Waals surface area (Å²) in [7, 11) is -1.47. The smallest absolute Gasteiger partial charge is 0.191 e. The molecule has 0 radical (unpaired) electrons. The third kappa shape index (κ3) is 8.22. The van der Waals surface area contributed by atoms with Gasteiger partial charge in [0.1, 0.15) is 5.75 Å². The highest BCUT2D eigenvalue weighted by atomic mass is 127. The van der Waals surface area contributed by atoms with Gasteiger partial charge in [-0.2, -0.15) is 0 Å². The summed E-state index contributed by atoms with van der Waals surface area (Å²) in [5.74, 6) is 1.58. The highest BCUT2D eigenvalue weighted by Crippen LogP contribution is 2.16. The van der Waals surface area contributed by atoms with Crippen LogP contribution in [0.5, 0.6) is 5.75 Å². The van der Waals surface area contributed by atoms with E-state index in [-0.39, 0.29) is 24.0 Å². The Morgan fingerprint density at radius 2 is 1.86 bits per heavy atom. The van der Waals surface area contributed by atoms with Gasteiger partial charge in [0, 0.05) is 26.4 Å². The molecular weight excluding hydrogens is 501 g/mol. The molecule has 0 spiro atoms.